The minimum Gasteiger partial charge on any atom is -0.436 e. The monoisotopic (exact) mass is 543 g/mol. The van der Waals surface area contributed by atoms with Crippen LogP contribution in [0.5, 0.6) is 0 Å². The molecule has 3 aromatic carbocycles. The van der Waals surface area contributed by atoms with Crippen molar-refractivity contribution in [3.8, 4) is 11.5 Å². The second kappa shape index (κ2) is 10.8. The van der Waals surface area contributed by atoms with Crippen molar-refractivity contribution in [2.24, 2.45) is 0 Å². The molecule has 0 bridgehead atoms. The molecule has 200 valence electrons. The highest BCUT2D eigenvalue weighted by molar-refractivity contribution is 7.80. The molecule has 0 radical (unpaired) electrons. The molecule has 2 heterocycles. The molecule has 2 N–H and O–H groups in total. The van der Waals surface area contributed by atoms with E-state index in [1.807, 2.05) is 49.9 Å². The third-order valence-electron chi connectivity index (χ3n) is 6.91. The fraction of sp³-hybridized carbons (Fsp3) is 0.276. The molecular formula is C29H29N5O4S. The van der Waals surface area contributed by atoms with Crippen molar-refractivity contribution in [2.45, 2.75) is 40.0 Å². The summed E-state index contributed by atoms with van der Waals surface area (Å²) < 4.78 is 6.05. The van der Waals surface area contributed by atoms with Crippen LogP contribution in [0.25, 0.3) is 22.6 Å². The number of carbonyl (C=O) groups is 1. The van der Waals surface area contributed by atoms with Crippen LogP contribution in [0.3, 0.4) is 0 Å². The van der Waals surface area contributed by atoms with Crippen LogP contribution in [0.1, 0.15) is 46.3 Å². The summed E-state index contributed by atoms with van der Waals surface area (Å²) in [5, 5.41) is 17.6. The number of nitrogens with one attached hydrogen (secondary N) is 2. The standard InChI is InChI=1S/C29H29N5O4S/c1-17-13-19(3)26-23(14-17)30-28(38-26)21-8-7-18(2)22(15-21)31-29(39)32-27(35)20-9-10-24(25(16-20)34(36)37)33-11-5-4-6-12-33/h7-10,13-16H,4-6,11-12H2,1-3H3,(H2,31,32,35,39). The van der Waals surface area contributed by atoms with Gasteiger partial charge in [-0.3, -0.25) is 20.2 Å². The number of nitro benzene ring substituents is 1. The molecule has 9 nitrogen and oxygen atoms in total. The number of hydrogen-bond acceptors (Lipinski definition) is 7. The largest absolute Gasteiger partial charge is 0.436 e. The molecule has 4 aromatic rings. The first-order valence-electron chi connectivity index (χ1n) is 12.8. The number of anilines is 2. The summed E-state index contributed by atoms with van der Waals surface area (Å²) >= 11 is 5.40. The Hall–Kier alpha value is -4.31. The molecule has 1 amide bonds. The highest BCUT2D eigenvalue weighted by Crippen LogP contribution is 2.32. The number of aryl methyl sites for hydroxylation is 3. The van der Waals surface area contributed by atoms with Crippen LogP contribution >= 0.6 is 12.2 Å². The molecule has 5 rings (SSSR count). The van der Waals surface area contributed by atoms with Gasteiger partial charge in [-0.05, 0) is 99.3 Å². The van der Waals surface area contributed by atoms with Crippen molar-refractivity contribution in [1.29, 1.82) is 0 Å². The lowest BCUT2D eigenvalue weighted by molar-refractivity contribution is -0.384. The van der Waals surface area contributed by atoms with Gasteiger partial charge >= 0.3 is 0 Å². The molecule has 0 saturated carbocycles. The predicted octanol–water partition coefficient (Wildman–Crippen LogP) is 6.45. The maximum atomic E-state index is 12.9. The van der Waals surface area contributed by atoms with Gasteiger partial charge in [0.1, 0.15) is 11.2 Å². The molecule has 10 heteroatoms. The summed E-state index contributed by atoms with van der Waals surface area (Å²) in [7, 11) is 0. The molecule has 0 aliphatic carbocycles. The summed E-state index contributed by atoms with van der Waals surface area (Å²) in [6, 6.07) is 14.3. The fourth-order valence-corrected chi connectivity index (χ4v) is 5.13. The third kappa shape index (κ3) is 5.61. The van der Waals surface area contributed by atoms with Crippen LogP contribution in [0, 0.1) is 30.9 Å². The number of benzene rings is 3. The van der Waals surface area contributed by atoms with Gasteiger partial charge in [0.05, 0.1) is 4.92 Å². The molecular weight excluding hydrogens is 514 g/mol. The SMILES string of the molecule is Cc1cc(C)c2oc(-c3ccc(C)c(NC(=S)NC(=O)c4ccc(N5CCCCC5)c([N+](=O)[O-])c4)c3)nc2c1. The topological polar surface area (TPSA) is 114 Å². The van der Waals surface area contributed by atoms with Crippen LogP contribution < -0.4 is 15.5 Å². The van der Waals surface area contributed by atoms with Gasteiger partial charge in [0.15, 0.2) is 10.7 Å². The van der Waals surface area contributed by atoms with Gasteiger partial charge in [0.2, 0.25) is 5.89 Å². The van der Waals surface area contributed by atoms with E-state index in [-0.39, 0.29) is 16.4 Å². The summed E-state index contributed by atoms with van der Waals surface area (Å²) in [4.78, 5) is 30.9. The van der Waals surface area contributed by atoms with Gasteiger partial charge in [-0.1, -0.05) is 12.1 Å². The van der Waals surface area contributed by atoms with Crippen molar-refractivity contribution >= 4 is 51.4 Å². The summed E-state index contributed by atoms with van der Waals surface area (Å²) in [6.07, 6.45) is 3.10. The van der Waals surface area contributed by atoms with Gasteiger partial charge < -0.3 is 14.6 Å². The van der Waals surface area contributed by atoms with E-state index >= 15 is 0 Å². The Balaban J connectivity index is 1.32. The average Bonchev–Trinajstić information content (AvgIpc) is 3.34. The van der Waals surface area contributed by atoms with E-state index in [9.17, 15) is 14.9 Å². The van der Waals surface area contributed by atoms with Crippen LogP contribution in [0.2, 0.25) is 0 Å². The van der Waals surface area contributed by atoms with Crippen molar-refractivity contribution < 1.29 is 14.1 Å². The number of fused-ring (bicyclic) bond motifs is 1. The number of nitro groups is 1. The van der Waals surface area contributed by atoms with E-state index in [1.54, 1.807) is 12.1 Å². The second-order valence-corrected chi connectivity index (χ2v) is 10.3. The summed E-state index contributed by atoms with van der Waals surface area (Å²) in [6.45, 7) is 7.45. The van der Waals surface area contributed by atoms with Crippen molar-refractivity contribution in [3.63, 3.8) is 0 Å². The number of rotatable bonds is 5. The normalized spacial score (nSPS) is 13.4. The van der Waals surface area contributed by atoms with E-state index in [1.165, 1.54) is 6.07 Å². The second-order valence-electron chi connectivity index (χ2n) is 9.90. The number of carbonyl (C=O) groups excluding carboxylic acids is 1. The number of oxazole rings is 1. The molecule has 1 fully saturated rings. The molecule has 39 heavy (non-hydrogen) atoms. The lowest BCUT2D eigenvalue weighted by Crippen LogP contribution is -2.34. The average molecular weight is 544 g/mol. The summed E-state index contributed by atoms with van der Waals surface area (Å²) in [5.74, 6) is -0.0443. The van der Waals surface area contributed by atoms with Gasteiger partial charge in [-0.15, -0.1) is 0 Å². The van der Waals surface area contributed by atoms with E-state index in [0.717, 1.165) is 65.7 Å². The molecule has 1 aliphatic heterocycles. The van der Waals surface area contributed by atoms with Crippen LogP contribution in [0.15, 0.2) is 52.9 Å². The number of aromatic nitrogens is 1. The highest BCUT2D eigenvalue weighted by Gasteiger charge is 2.23. The maximum Gasteiger partial charge on any atom is 0.293 e. The fourth-order valence-electron chi connectivity index (χ4n) is 4.93. The Bertz CT molecular complexity index is 1610. The zero-order valence-electron chi connectivity index (χ0n) is 22.0. The Morgan fingerprint density at radius 2 is 1.79 bits per heavy atom. The quantitative estimate of drug-likeness (QED) is 0.168. The van der Waals surface area contributed by atoms with Gasteiger partial charge in [0.25, 0.3) is 11.6 Å². The van der Waals surface area contributed by atoms with E-state index in [0.29, 0.717) is 17.3 Å². The lowest BCUT2D eigenvalue weighted by Gasteiger charge is -2.28. The van der Waals surface area contributed by atoms with Crippen LogP contribution in [0.4, 0.5) is 17.1 Å². The number of nitrogens with zero attached hydrogens (tertiary/aromatic N) is 3. The third-order valence-corrected chi connectivity index (χ3v) is 7.12. The molecule has 1 aromatic heterocycles. The molecule has 0 unspecified atom stereocenters. The Morgan fingerprint density at radius 1 is 1.03 bits per heavy atom. The van der Waals surface area contributed by atoms with Crippen molar-refractivity contribution in [3.05, 3.63) is 80.9 Å². The van der Waals surface area contributed by atoms with Crippen molar-refractivity contribution in [2.75, 3.05) is 23.3 Å². The van der Waals surface area contributed by atoms with Gasteiger partial charge in [-0.25, -0.2) is 4.98 Å². The number of piperidine rings is 1. The number of hydrogen-bond donors (Lipinski definition) is 2. The van der Waals surface area contributed by atoms with Crippen LogP contribution in [-0.2, 0) is 0 Å². The maximum absolute atomic E-state index is 12.9. The smallest absolute Gasteiger partial charge is 0.293 e. The summed E-state index contributed by atoms with van der Waals surface area (Å²) in [5.41, 5.74) is 6.61. The predicted molar refractivity (Wildman–Crippen MR) is 157 cm³/mol. The highest BCUT2D eigenvalue weighted by atomic mass is 32.1. The first kappa shape index (κ1) is 26.3. The zero-order chi connectivity index (χ0) is 27.7. The van der Waals surface area contributed by atoms with Gasteiger partial charge in [-0.2, -0.15) is 0 Å². The number of amides is 1. The Morgan fingerprint density at radius 3 is 2.54 bits per heavy atom. The Kier molecular flexibility index (Phi) is 7.30. The number of thiocarbonyl (C=S) groups is 1. The van der Waals surface area contributed by atoms with E-state index in [2.05, 4.69) is 21.7 Å². The molecule has 1 saturated heterocycles. The zero-order valence-corrected chi connectivity index (χ0v) is 22.9. The first-order chi connectivity index (χ1) is 18.7. The minimum absolute atomic E-state index is 0.0760. The van der Waals surface area contributed by atoms with Crippen molar-refractivity contribution in [1.82, 2.24) is 10.3 Å². The molecule has 0 spiro atoms. The lowest BCUT2D eigenvalue weighted by atomic mass is 10.1. The van der Waals surface area contributed by atoms with E-state index < -0.39 is 10.8 Å². The van der Waals surface area contributed by atoms with Gasteiger partial charge in [0, 0.05) is 36.0 Å². The van der Waals surface area contributed by atoms with E-state index in [4.69, 9.17) is 16.6 Å². The van der Waals surface area contributed by atoms with Crippen LogP contribution in [-0.4, -0.2) is 34.0 Å². The Labute approximate surface area is 231 Å². The first-order valence-corrected chi connectivity index (χ1v) is 13.2. The molecule has 0 atom stereocenters. The molecule has 1 aliphatic rings. The minimum atomic E-state index is -0.528.